The van der Waals surface area contributed by atoms with E-state index >= 15 is 0 Å². The van der Waals surface area contributed by atoms with Gasteiger partial charge in [-0.1, -0.05) is 60.7 Å². The molecule has 0 aliphatic carbocycles. The van der Waals surface area contributed by atoms with E-state index in [0.717, 1.165) is 11.1 Å². The minimum absolute atomic E-state index is 0.00589. The van der Waals surface area contributed by atoms with Gasteiger partial charge in [0.25, 0.3) is 0 Å². The van der Waals surface area contributed by atoms with Gasteiger partial charge in [-0.25, -0.2) is 5.43 Å². The van der Waals surface area contributed by atoms with E-state index in [4.69, 9.17) is 0 Å². The molecular formula is C20H23N3O2. The fourth-order valence-electron chi connectivity index (χ4n) is 2.23. The maximum atomic E-state index is 11.8. The molecule has 0 heterocycles. The highest BCUT2D eigenvalue weighted by molar-refractivity contribution is 5.82. The number of nitrogens with zero attached hydrogens (tertiary/aromatic N) is 1. The van der Waals surface area contributed by atoms with Crippen LogP contribution in [-0.4, -0.2) is 18.0 Å². The molecule has 0 atom stereocenters. The molecular weight excluding hydrogens is 314 g/mol. The lowest BCUT2D eigenvalue weighted by Gasteiger charge is -2.05. The van der Waals surface area contributed by atoms with E-state index in [1.165, 1.54) is 0 Å². The van der Waals surface area contributed by atoms with Gasteiger partial charge >= 0.3 is 0 Å². The number of benzene rings is 2. The van der Waals surface area contributed by atoms with Crippen LogP contribution in [0.3, 0.4) is 0 Å². The molecule has 5 nitrogen and oxygen atoms in total. The van der Waals surface area contributed by atoms with Crippen LogP contribution in [0.1, 0.15) is 36.8 Å². The van der Waals surface area contributed by atoms with E-state index in [0.29, 0.717) is 32.2 Å². The van der Waals surface area contributed by atoms with Gasteiger partial charge in [-0.3, -0.25) is 9.59 Å². The van der Waals surface area contributed by atoms with Crippen molar-refractivity contribution >= 4 is 18.0 Å². The van der Waals surface area contributed by atoms with Gasteiger partial charge in [0.15, 0.2) is 0 Å². The predicted octanol–water partition coefficient (Wildman–Crippen LogP) is 3.01. The van der Waals surface area contributed by atoms with Gasteiger partial charge in [0.05, 0.1) is 6.21 Å². The molecule has 0 aliphatic heterocycles. The van der Waals surface area contributed by atoms with Crippen molar-refractivity contribution < 1.29 is 9.59 Å². The van der Waals surface area contributed by atoms with E-state index in [9.17, 15) is 9.59 Å². The Morgan fingerprint density at radius 2 is 1.44 bits per heavy atom. The molecule has 2 aromatic rings. The third-order valence-corrected chi connectivity index (χ3v) is 3.59. The van der Waals surface area contributed by atoms with Gasteiger partial charge in [0.2, 0.25) is 11.8 Å². The summed E-state index contributed by atoms with van der Waals surface area (Å²) >= 11 is 0. The van der Waals surface area contributed by atoms with E-state index in [2.05, 4.69) is 15.8 Å². The number of amides is 2. The van der Waals surface area contributed by atoms with Crippen LogP contribution in [0.2, 0.25) is 0 Å². The first-order chi connectivity index (χ1) is 12.2. The Labute approximate surface area is 148 Å². The minimum atomic E-state index is -0.142. The molecule has 0 aliphatic rings. The molecule has 0 spiro atoms. The summed E-state index contributed by atoms with van der Waals surface area (Å²) in [4.78, 5) is 23.4. The number of hydrazone groups is 1. The van der Waals surface area contributed by atoms with Crippen molar-refractivity contribution in [3.05, 3.63) is 71.8 Å². The molecule has 130 valence electrons. The standard InChI is InChI=1S/C20H23N3O2/c24-19(21-15-17-9-3-1-4-10-17)13-7-8-14-20(25)23-22-16-18-11-5-2-6-12-18/h1-6,9-12,16H,7-8,13-15H2,(H,21,24)(H,23,25). The summed E-state index contributed by atoms with van der Waals surface area (Å²) in [6.07, 6.45) is 3.72. The van der Waals surface area contributed by atoms with Crippen molar-refractivity contribution in [2.75, 3.05) is 0 Å². The van der Waals surface area contributed by atoms with Crippen LogP contribution in [0.15, 0.2) is 65.8 Å². The second kappa shape index (κ2) is 10.8. The van der Waals surface area contributed by atoms with Crippen molar-refractivity contribution in [2.24, 2.45) is 5.10 Å². The number of hydrogen-bond donors (Lipinski definition) is 2. The van der Waals surface area contributed by atoms with Crippen LogP contribution >= 0.6 is 0 Å². The zero-order valence-electron chi connectivity index (χ0n) is 14.2. The Morgan fingerprint density at radius 1 is 0.840 bits per heavy atom. The number of unbranched alkanes of at least 4 members (excludes halogenated alkanes) is 1. The SMILES string of the molecule is O=C(CCCCC(=O)NN=Cc1ccccc1)NCc1ccccc1. The molecule has 2 aromatic carbocycles. The van der Waals surface area contributed by atoms with Crippen LogP contribution in [0.25, 0.3) is 0 Å². The summed E-state index contributed by atoms with van der Waals surface area (Å²) in [5, 5.41) is 6.79. The van der Waals surface area contributed by atoms with Crippen molar-refractivity contribution in [1.82, 2.24) is 10.7 Å². The first kappa shape index (κ1) is 18.4. The lowest BCUT2D eigenvalue weighted by Crippen LogP contribution is -2.22. The van der Waals surface area contributed by atoms with Crippen LogP contribution < -0.4 is 10.7 Å². The second-order valence-electron chi connectivity index (χ2n) is 5.67. The molecule has 0 fully saturated rings. The number of carbonyl (C=O) groups excluding carboxylic acids is 2. The van der Waals surface area contributed by atoms with Crippen LogP contribution in [0.4, 0.5) is 0 Å². The first-order valence-corrected chi connectivity index (χ1v) is 8.41. The zero-order chi connectivity index (χ0) is 17.7. The monoisotopic (exact) mass is 337 g/mol. The van der Waals surface area contributed by atoms with Crippen molar-refractivity contribution in [2.45, 2.75) is 32.2 Å². The second-order valence-corrected chi connectivity index (χ2v) is 5.67. The predicted molar refractivity (Wildman–Crippen MR) is 98.9 cm³/mol. The highest BCUT2D eigenvalue weighted by atomic mass is 16.2. The van der Waals surface area contributed by atoms with E-state index in [-0.39, 0.29) is 11.8 Å². The summed E-state index contributed by atoms with van der Waals surface area (Å²) in [6, 6.07) is 19.3. The van der Waals surface area contributed by atoms with Gasteiger partial charge in [-0.15, -0.1) is 0 Å². The highest BCUT2D eigenvalue weighted by Gasteiger charge is 2.03. The maximum absolute atomic E-state index is 11.8. The van der Waals surface area contributed by atoms with Gasteiger partial charge in [-0.05, 0) is 24.0 Å². The largest absolute Gasteiger partial charge is 0.352 e. The van der Waals surface area contributed by atoms with E-state index < -0.39 is 0 Å². The maximum Gasteiger partial charge on any atom is 0.240 e. The van der Waals surface area contributed by atoms with E-state index in [1.54, 1.807) is 6.21 Å². The fourth-order valence-corrected chi connectivity index (χ4v) is 2.23. The summed E-state index contributed by atoms with van der Waals surface area (Å²) in [5.74, 6) is -0.136. The smallest absolute Gasteiger partial charge is 0.240 e. The number of nitrogens with one attached hydrogen (secondary N) is 2. The topological polar surface area (TPSA) is 70.6 Å². The number of rotatable bonds is 9. The molecule has 2 rings (SSSR count). The molecule has 0 aromatic heterocycles. The zero-order valence-corrected chi connectivity index (χ0v) is 14.2. The lowest BCUT2D eigenvalue weighted by atomic mass is 10.1. The third-order valence-electron chi connectivity index (χ3n) is 3.59. The van der Waals surface area contributed by atoms with Gasteiger partial charge < -0.3 is 5.32 Å². The Balaban J connectivity index is 1.54. The third kappa shape index (κ3) is 7.92. The lowest BCUT2D eigenvalue weighted by molar-refractivity contribution is -0.123. The molecule has 2 amide bonds. The van der Waals surface area contributed by atoms with E-state index in [1.807, 2.05) is 60.7 Å². The Kier molecular flexibility index (Phi) is 7.91. The molecule has 0 saturated heterocycles. The normalized spacial score (nSPS) is 10.6. The van der Waals surface area contributed by atoms with Gasteiger partial charge in [0, 0.05) is 19.4 Å². The Hall–Kier alpha value is -2.95. The van der Waals surface area contributed by atoms with Crippen molar-refractivity contribution in [3.8, 4) is 0 Å². The minimum Gasteiger partial charge on any atom is -0.352 e. The molecule has 2 N–H and O–H groups in total. The number of hydrogen-bond acceptors (Lipinski definition) is 3. The summed E-state index contributed by atoms with van der Waals surface area (Å²) in [5.41, 5.74) is 4.50. The molecule has 25 heavy (non-hydrogen) atoms. The average Bonchev–Trinajstić information content (AvgIpc) is 2.65. The Morgan fingerprint density at radius 3 is 2.12 bits per heavy atom. The van der Waals surface area contributed by atoms with Crippen LogP contribution in [0, 0.1) is 0 Å². The summed E-state index contributed by atoms with van der Waals surface area (Å²) in [7, 11) is 0. The molecule has 0 saturated carbocycles. The molecule has 5 heteroatoms. The van der Waals surface area contributed by atoms with Crippen LogP contribution in [-0.2, 0) is 16.1 Å². The highest BCUT2D eigenvalue weighted by Crippen LogP contribution is 2.02. The summed E-state index contributed by atoms with van der Waals surface area (Å²) in [6.45, 7) is 0.536. The molecule has 0 unspecified atom stereocenters. The Bertz CT molecular complexity index is 685. The van der Waals surface area contributed by atoms with Crippen molar-refractivity contribution in [1.29, 1.82) is 0 Å². The quantitative estimate of drug-likeness (QED) is 0.419. The van der Waals surface area contributed by atoms with Gasteiger partial charge in [0.1, 0.15) is 0 Å². The molecule has 0 bridgehead atoms. The van der Waals surface area contributed by atoms with Crippen molar-refractivity contribution in [3.63, 3.8) is 0 Å². The first-order valence-electron chi connectivity index (χ1n) is 8.41. The van der Waals surface area contributed by atoms with Crippen LogP contribution in [0.5, 0.6) is 0 Å². The summed E-state index contributed by atoms with van der Waals surface area (Å²) < 4.78 is 0. The molecule has 0 radical (unpaired) electrons. The number of carbonyl (C=O) groups is 2. The average molecular weight is 337 g/mol. The van der Waals surface area contributed by atoms with Gasteiger partial charge in [-0.2, -0.15) is 5.10 Å². The fraction of sp³-hybridized carbons (Fsp3) is 0.250.